The number of urea groups is 1. The van der Waals surface area contributed by atoms with Crippen molar-refractivity contribution in [3.8, 4) is 0 Å². The van der Waals surface area contributed by atoms with E-state index in [9.17, 15) is 19.2 Å². The molecule has 1 aromatic carbocycles. The zero-order chi connectivity index (χ0) is 17.8. The van der Waals surface area contributed by atoms with Crippen LogP contribution in [0.4, 0.5) is 16.2 Å². The van der Waals surface area contributed by atoms with Crippen molar-refractivity contribution < 1.29 is 19.2 Å². The van der Waals surface area contributed by atoms with Gasteiger partial charge >= 0.3 is 6.03 Å². The van der Waals surface area contributed by atoms with Gasteiger partial charge in [0.1, 0.15) is 0 Å². The van der Waals surface area contributed by atoms with Crippen LogP contribution in [0.3, 0.4) is 0 Å². The molecule has 8 heteroatoms. The molecular weight excluding hydrogens is 324 g/mol. The molecule has 8 nitrogen and oxygen atoms in total. The van der Waals surface area contributed by atoms with Crippen LogP contribution in [0.2, 0.25) is 0 Å². The van der Waals surface area contributed by atoms with Crippen LogP contribution in [-0.4, -0.2) is 36.3 Å². The number of carbonyl (C=O) groups is 4. The van der Waals surface area contributed by atoms with E-state index in [2.05, 4.69) is 20.9 Å². The molecular formula is C17H18N4O4. The standard InChI is InChI=1S/C17H18N4O4/c1-9(22)18-11-4-5-12-10(7-11)8-17(13-3-2-6-21(12)13)14(23)19-16(25)20-15(17)24/h4-5,7,13H,2-3,6,8H2,1H3,(H,18,22)(H2,19,20,23,24,25)/t13-/m0/s1. The van der Waals surface area contributed by atoms with E-state index in [1.807, 2.05) is 12.1 Å². The SMILES string of the molecule is CC(=O)Nc1ccc2c(c1)CC1(C(=O)NC(=O)NC1=O)[C@@H]1CCCN21. The maximum atomic E-state index is 12.7. The number of imide groups is 2. The van der Waals surface area contributed by atoms with Gasteiger partial charge in [-0.15, -0.1) is 0 Å². The van der Waals surface area contributed by atoms with E-state index in [-0.39, 0.29) is 18.4 Å². The van der Waals surface area contributed by atoms with Gasteiger partial charge in [-0.1, -0.05) is 0 Å². The number of carbonyl (C=O) groups excluding carboxylic acids is 4. The van der Waals surface area contributed by atoms with Gasteiger partial charge in [0.2, 0.25) is 17.7 Å². The minimum atomic E-state index is -1.33. The number of benzene rings is 1. The van der Waals surface area contributed by atoms with E-state index in [4.69, 9.17) is 0 Å². The van der Waals surface area contributed by atoms with E-state index in [1.54, 1.807) is 6.07 Å². The van der Waals surface area contributed by atoms with Crippen LogP contribution in [-0.2, 0) is 20.8 Å². The van der Waals surface area contributed by atoms with Gasteiger partial charge in [-0.3, -0.25) is 25.0 Å². The van der Waals surface area contributed by atoms with Crippen LogP contribution in [0.15, 0.2) is 18.2 Å². The number of anilines is 2. The summed E-state index contributed by atoms with van der Waals surface area (Å²) in [6, 6.07) is 4.47. The molecule has 0 radical (unpaired) electrons. The molecule has 130 valence electrons. The van der Waals surface area contributed by atoms with Crippen molar-refractivity contribution in [3.05, 3.63) is 23.8 Å². The number of nitrogens with one attached hydrogen (secondary N) is 3. The van der Waals surface area contributed by atoms with Gasteiger partial charge in [0, 0.05) is 24.8 Å². The fourth-order valence-corrected chi connectivity index (χ4v) is 4.30. The lowest BCUT2D eigenvalue weighted by atomic mass is 9.69. The first-order valence-corrected chi connectivity index (χ1v) is 8.26. The van der Waals surface area contributed by atoms with Gasteiger partial charge in [-0.2, -0.15) is 0 Å². The topological polar surface area (TPSA) is 108 Å². The largest absolute Gasteiger partial charge is 0.367 e. The Morgan fingerprint density at radius 1 is 1.24 bits per heavy atom. The van der Waals surface area contributed by atoms with Crippen LogP contribution in [0, 0.1) is 5.41 Å². The monoisotopic (exact) mass is 342 g/mol. The van der Waals surface area contributed by atoms with Crippen LogP contribution in [0.5, 0.6) is 0 Å². The van der Waals surface area contributed by atoms with E-state index >= 15 is 0 Å². The Morgan fingerprint density at radius 3 is 2.64 bits per heavy atom. The third kappa shape index (κ3) is 2.20. The average molecular weight is 342 g/mol. The second-order valence-corrected chi connectivity index (χ2v) is 6.76. The fourth-order valence-electron chi connectivity index (χ4n) is 4.30. The van der Waals surface area contributed by atoms with Crippen molar-refractivity contribution in [2.75, 3.05) is 16.8 Å². The molecule has 1 spiro atoms. The van der Waals surface area contributed by atoms with Crippen molar-refractivity contribution in [1.29, 1.82) is 0 Å². The lowest BCUT2D eigenvalue weighted by Gasteiger charge is -2.47. The number of hydrogen-bond donors (Lipinski definition) is 3. The molecule has 0 saturated carbocycles. The van der Waals surface area contributed by atoms with Gasteiger partial charge < -0.3 is 10.2 Å². The number of amides is 5. The number of fused-ring (bicyclic) bond motifs is 4. The van der Waals surface area contributed by atoms with Crippen LogP contribution < -0.4 is 20.9 Å². The van der Waals surface area contributed by atoms with Gasteiger partial charge in [-0.05, 0) is 43.0 Å². The Morgan fingerprint density at radius 2 is 1.96 bits per heavy atom. The van der Waals surface area contributed by atoms with Gasteiger partial charge in [0.15, 0.2) is 5.41 Å². The molecule has 3 aliphatic heterocycles. The van der Waals surface area contributed by atoms with Crippen molar-refractivity contribution in [1.82, 2.24) is 10.6 Å². The number of rotatable bonds is 1. The molecule has 1 aromatic rings. The van der Waals surface area contributed by atoms with E-state index < -0.39 is 23.3 Å². The molecule has 0 aliphatic carbocycles. The Hall–Kier alpha value is -2.90. The predicted octanol–water partition coefficient (Wildman–Crippen LogP) is 0.522. The minimum absolute atomic E-state index is 0.191. The van der Waals surface area contributed by atoms with Crippen molar-refractivity contribution in [2.24, 2.45) is 5.41 Å². The summed E-state index contributed by atoms with van der Waals surface area (Å²) in [4.78, 5) is 50.3. The molecule has 5 amide bonds. The number of barbiturate groups is 1. The number of hydrogen-bond acceptors (Lipinski definition) is 5. The second kappa shape index (κ2) is 5.30. The lowest BCUT2D eigenvalue weighted by molar-refractivity contribution is -0.146. The first-order chi connectivity index (χ1) is 11.9. The van der Waals surface area contributed by atoms with Gasteiger partial charge in [0.05, 0.1) is 6.04 Å². The first-order valence-electron chi connectivity index (χ1n) is 8.26. The van der Waals surface area contributed by atoms with E-state index in [1.165, 1.54) is 6.92 Å². The molecule has 2 fully saturated rings. The molecule has 25 heavy (non-hydrogen) atoms. The molecule has 3 heterocycles. The predicted molar refractivity (Wildman–Crippen MR) is 88.9 cm³/mol. The maximum absolute atomic E-state index is 12.7. The lowest BCUT2D eigenvalue weighted by Crippen LogP contribution is -2.70. The summed E-state index contributed by atoms with van der Waals surface area (Å²) in [5.41, 5.74) is 1.07. The number of nitrogens with zero attached hydrogens (tertiary/aromatic N) is 1. The zero-order valence-corrected chi connectivity index (χ0v) is 13.7. The Bertz CT molecular complexity index is 799. The summed E-state index contributed by atoms with van der Waals surface area (Å²) in [6.07, 6.45) is 1.78. The molecule has 4 rings (SSSR count). The summed E-state index contributed by atoms with van der Waals surface area (Å²) < 4.78 is 0. The highest BCUT2D eigenvalue weighted by Gasteiger charge is 2.60. The summed E-state index contributed by atoms with van der Waals surface area (Å²) in [7, 11) is 0. The van der Waals surface area contributed by atoms with Gasteiger partial charge in [-0.25, -0.2) is 4.79 Å². The first kappa shape index (κ1) is 15.6. The molecule has 1 atom stereocenters. The summed E-state index contributed by atoms with van der Waals surface area (Å²) >= 11 is 0. The van der Waals surface area contributed by atoms with Crippen LogP contribution >= 0.6 is 0 Å². The maximum Gasteiger partial charge on any atom is 0.328 e. The third-order valence-electron chi connectivity index (χ3n) is 5.26. The quantitative estimate of drug-likeness (QED) is 0.645. The summed E-state index contributed by atoms with van der Waals surface area (Å²) in [6.45, 7) is 2.17. The minimum Gasteiger partial charge on any atom is -0.367 e. The zero-order valence-electron chi connectivity index (χ0n) is 13.7. The van der Waals surface area contributed by atoms with Gasteiger partial charge in [0.25, 0.3) is 0 Å². The highest BCUT2D eigenvalue weighted by molar-refractivity contribution is 6.20. The molecule has 3 aliphatic rings. The smallest absolute Gasteiger partial charge is 0.328 e. The van der Waals surface area contributed by atoms with Crippen LogP contribution in [0.1, 0.15) is 25.3 Å². The highest BCUT2D eigenvalue weighted by Crippen LogP contribution is 2.47. The van der Waals surface area contributed by atoms with Crippen LogP contribution in [0.25, 0.3) is 0 Å². The third-order valence-corrected chi connectivity index (χ3v) is 5.26. The summed E-state index contributed by atoms with van der Waals surface area (Å²) in [5.74, 6) is -1.29. The fraction of sp³-hybridized carbons (Fsp3) is 0.412. The normalized spacial score (nSPS) is 23.6. The van der Waals surface area contributed by atoms with Crippen molar-refractivity contribution in [2.45, 2.75) is 32.2 Å². The Balaban J connectivity index is 1.82. The van der Waals surface area contributed by atoms with E-state index in [0.717, 1.165) is 24.2 Å². The molecule has 0 unspecified atom stereocenters. The average Bonchev–Trinajstić information content (AvgIpc) is 3.01. The molecule has 0 aromatic heterocycles. The highest BCUT2D eigenvalue weighted by atomic mass is 16.2. The summed E-state index contributed by atoms with van der Waals surface area (Å²) in [5, 5.41) is 7.23. The Labute approximate surface area is 143 Å². The molecule has 0 bridgehead atoms. The Kier molecular flexibility index (Phi) is 3.31. The van der Waals surface area contributed by atoms with Crippen molar-refractivity contribution >= 4 is 35.1 Å². The second-order valence-electron chi connectivity index (χ2n) is 6.76. The molecule has 3 N–H and O–H groups in total. The van der Waals surface area contributed by atoms with E-state index in [0.29, 0.717) is 12.1 Å². The van der Waals surface area contributed by atoms with Crippen molar-refractivity contribution in [3.63, 3.8) is 0 Å². The molecule has 2 saturated heterocycles.